The SMILES string of the molecule is CC(C)N(CCC(=O)O)C(=O)C1CNC1. The van der Waals surface area contributed by atoms with Crippen molar-refractivity contribution in [1.29, 1.82) is 0 Å². The Balaban J connectivity index is 2.48. The predicted octanol–water partition coefficient (Wildman–Crippen LogP) is -0.0825. The number of hydrogen-bond acceptors (Lipinski definition) is 3. The highest BCUT2D eigenvalue weighted by Gasteiger charge is 2.30. The van der Waals surface area contributed by atoms with Crippen LogP contribution >= 0.6 is 0 Å². The number of carbonyl (C=O) groups is 2. The summed E-state index contributed by atoms with van der Waals surface area (Å²) in [4.78, 5) is 24.0. The zero-order valence-electron chi connectivity index (χ0n) is 9.19. The first-order valence-electron chi connectivity index (χ1n) is 5.25. The first-order chi connectivity index (χ1) is 7.02. The van der Waals surface area contributed by atoms with Crippen LogP contribution in [0, 0.1) is 5.92 Å². The van der Waals surface area contributed by atoms with Gasteiger partial charge < -0.3 is 15.3 Å². The van der Waals surface area contributed by atoms with Gasteiger partial charge in [0.1, 0.15) is 0 Å². The van der Waals surface area contributed by atoms with Crippen molar-refractivity contribution in [3.8, 4) is 0 Å². The van der Waals surface area contributed by atoms with E-state index < -0.39 is 5.97 Å². The molecule has 0 aromatic carbocycles. The molecule has 5 heteroatoms. The molecule has 1 fully saturated rings. The molecule has 0 aromatic heterocycles. The van der Waals surface area contributed by atoms with Crippen molar-refractivity contribution < 1.29 is 14.7 Å². The molecule has 2 N–H and O–H groups in total. The van der Waals surface area contributed by atoms with Crippen LogP contribution in [0.5, 0.6) is 0 Å². The molecule has 0 spiro atoms. The molecule has 0 aromatic rings. The topological polar surface area (TPSA) is 69.6 Å². The van der Waals surface area contributed by atoms with Crippen molar-refractivity contribution in [1.82, 2.24) is 10.2 Å². The Hall–Kier alpha value is -1.10. The Morgan fingerprint density at radius 3 is 2.40 bits per heavy atom. The monoisotopic (exact) mass is 214 g/mol. The highest BCUT2D eigenvalue weighted by atomic mass is 16.4. The Morgan fingerprint density at radius 1 is 1.47 bits per heavy atom. The van der Waals surface area contributed by atoms with Gasteiger partial charge >= 0.3 is 5.97 Å². The number of hydrogen-bond donors (Lipinski definition) is 2. The van der Waals surface area contributed by atoms with E-state index in [1.165, 1.54) is 0 Å². The summed E-state index contributed by atoms with van der Waals surface area (Å²) in [5.41, 5.74) is 0. The van der Waals surface area contributed by atoms with Crippen molar-refractivity contribution in [2.75, 3.05) is 19.6 Å². The third-order valence-electron chi connectivity index (χ3n) is 2.60. The van der Waals surface area contributed by atoms with Crippen molar-refractivity contribution in [2.45, 2.75) is 26.3 Å². The van der Waals surface area contributed by atoms with E-state index >= 15 is 0 Å². The Labute approximate surface area is 89.4 Å². The van der Waals surface area contributed by atoms with Gasteiger partial charge in [0.05, 0.1) is 12.3 Å². The van der Waals surface area contributed by atoms with Crippen LogP contribution in [0.25, 0.3) is 0 Å². The van der Waals surface area contributed by atoms with Gasteiger partial charge in [-0.1, -0.05) is 0 Å². The number of nitrogens with one attached hydrogen (secondary N) is 1. The molecule has 1 rings (SSSR count). The summed E-state index contributed by atoms with van der Waals surface area (Å²) in [6, 6.07) is 0.0671. The molecule has 0 saturated carbocycles. The van der Waals surface area contributed by atoms with Crippen LogP contribution in [0.4, 0.5) is 0 Å². The lowest BCUT2D eigenvalue weighted by Crippen LogP contribution is -2.53. The molecule has 1 amide bonds. The summed E-state index contributed by atoms with van der Waals surface area (Å²) < 4.78 is 0. The molecule has 1 heterocycles. The lowest BCUT2D eigenvalue weighted by molar-refractivity contribution is -0.141. The molecule has 86 valence electrons. The van der Waals surface area contributed by atoms with Gasteiger partial charge in [-0.05, 0) is 13.8 Å². The maximum Gasteiger partial charge on any atom is 0.305 e. The number of nitrogens with zero attached hydrogens (tertiary/aromatic N) is 1. The molecule has 0 unspecified atom stereocenters. The van der Waals surface area contributed by atoms with E-state index in [-0.39, 0.29) is 24.3 Å². The first-order valence-corrected chi connectivity index (χ1v) is 5.25. The molecule has 1 saturated heterocycles. The van der Waals surface area contributed by atoms with Crippen LogP contribution in [0.15, 0.2) is 0 Å². The van der Waals surface area contributed by atoms with E-state index in [1.54, 1.807) is 4.90 Å². The number of carboxylic acid groups (broad SMARTS) is 1. The first kappa shape index (κ1) is 12.0. The van der Waals surface area contributed by atoms with E-state index in [2.05, 4.69) is 5.32 Å². The number of aliphatic carboxylic acids is 1. The molecule has 1 aliphatic rings. The predicted molar refractivity (Wildman–Crippen MR) is 55.5 cm³/mol. The van der Waals surface area contributed by atoms with Gasteiger partial charge in [-0.3, -0.25) is 9.59 Å². The molecule has 0 radical (unpaired) electrons. The Bertz CT molecular complexity index is 249. The fraction of sp³-hybridized carbons (Fsp3) is 0.800. The van der Waals surface area contributed by atoms with E-state index in [0.29, 0.717) is 6.54 Å². The summed E-state index contributed by atoms with van der Waals surface area (Å²) in [7, 11) is 0. The molecule has 0 aliphatic carbocycles. The second-order valence-corrected chi connectivity index (χ2v) is 4.12. The standard InChI is InChI=1S/C10H18N2O3/c1-7(2)12(4-3-9(13)14)10(15)8-5-11-6-8/h7-8,11H,3-6H2,1-2H3,(H,13,14). The largest absolute Gasteiger partial charge is 0.481 e. The number of amides is 1. The van der Waals surface area contributed by atoms with Crippen LogP contribution in [0.1, 0.15) is 20.3 Å². The summed E-state index contributed by atoms with van der Waals surface area (Å²) >= 11 is 0. The van der Waals surface area contributed by atoms with Crippen LogP contribution in [0.2, 0.25) is 0 Å². The lowest BCUT2D eigenvalue weighted by Gasteiger charge is -2.34. The summed E-state index contributed by atoms with van der Waals surface area (Å²) in [5, 5.41) is 11.6. The normalized spacial score (nSPS) is 16.2. The third-order valence-corrected chi connectivity index (χ3v) is 2.60. The zero-order chi connectivity index (χ0) is 11.4. The minimum atomic E-state index is -0.861. The van der Waals surface area contributed by atoms with Gasteiger partial charge in [0.2, 0.25) is 5.91 Å². The van der Waals surface area contributed by atoms with Gasteiger partial charge in [-0.25, -0.2) is 0 Å². The second-order valence-electron chi connectivity index (χ2n) is 4.12. The Morgan fingerprint density at radius 2 is 2.07 bits per heavy atom. The number of carbonyl (C=O) groups excluding carboxylic acids is 1. The highest BCUT2D eigenvalue weighted by molar-refractivity contribution is 5.81. The lowest BCUT2D eigenvalue weighted by atomic mass is 10.0. The highest BCUT2D eigenvalue weighted by Crippen LogP contribution is 2.11. The quantitative estimate of drug-likeness (QED) is 0.671. The third kappa shape index (κ3) is 3.20. The van der Waals surface area contributed by atoms with E-state index in [4.69, 9.17) is 5.11 Å². The fourth-order valence-corrected chi connectivity index (χ4v) is 1.54. The Kier molecular flexibility index (Phi) is 4.08. The van der Waals surface area contributed by atoms with Crippen LogP contribution in [-0.2, 0) is 9.59 Å². The maximum atomic E-state index is 11.9. The molecule has 15 heavy (non-hydrogen) atoms. The maximum absolute atomic E-state index is 11.9. The van der Waals surface area contributed by atoms with Gasteiger partial charge in [-0.2, -0.15) is 0 Å². The minimum absolute atomic E-state index is 0.0179. The summed E-state index contributed by atoms with van der Waals surface area (Å²) in [6.45, 7) is 5.56. The second kappa shape index (κ2) is 5.11. The van der Waals surface area contributed by atoms with Gasteiger partial charge in [0.15, 0.2) is 0 Å². The van der Waals surface area contributed by atoms with E-state index in [1.807, 2.05) is 13.8 Å². The van der Waals surface area contributed by atoms with Crippen molar-refractivity contribution in [2.24, 2.45) is 5.92 Å². The molecule has 1 aliphatic heterocycles. The van der Waals surface area contributed by atoms with Crippen LogP contribution in [-0.4, -0.2) is 47.6 Å². The smallest absolute Gasteiger partial charge is 0.305 e. The molecule has 5 nitrogen and oxygen atoms in total. The molecule has 0 bridgehead atoms. The number of rotatable bonds is 5. The zero-order valence-corrected chi connectivity index (χ0v) is 9.19. The van der Waals surface area contributed by atoms with Crippen molar-refractivity contribution >= 4 is 11.9 Å². The molecular formula is C10H18N2O3. The van der Waals surface area contributed by atoms with Crippen molar-refractivity contribution in [3.05, 3.63) is 0 Å². The van der Waals surface area contributed by atoms with E-state index in [0.717, 1.165) is 13.1 Å². The van der Waals surface area contributed by atoms with E-state index in [9.17, 15) is 9.59 Å². The van der Waals surface area contributed by atoms with Crippen LogP contribution in [0.3, 0.4) is 0 Å². The molecular weight excluding hydrogens is 196 g/mol. The average Bonchev–Trinajstić information content (AvgIpc) is 1.99. The van der Waals surface area contributed by atoms with Crippen molar-refractivity contribution in [3.63, 3.8) is 0 Å². The summed E-state index contributed by atoms with van der Waals surface area (Å²) in [5.74, 6) is -0.744. The van der Waals surface area contributed by atoms with Gasteiger partial charge in [-0.15, -0.1) is 0 Å². The molecule has 0 atom stereocenters. The average molecular weight is 214 g/mol. The van der Waals surface area contributed by atoms with Gasteiger partial charge in [0, 0.05) is 25.7 Å². The number of carboxylic acids is 1. The fourth-order valence-electron chi connectivity index (χ4n) is 1.54. The van der Waals surface area contributed by atoms with Gasteiger partial charge in [0.25, 0.3) is 0 Å². The minimum Gasteiger partial charge on any atom is -0.481 e. The van der Waals surface area contributed by atoms with Crippen LogP contribution < -0.4 is 5.32 Å². The summed E-state index contributed by atoms with van der Waals surface area (Å²) in [6.07, 6.45) is 0.0179.